The van der Waals surface area contributed by atoms with Gasteiger partial charge in [0.15, 0.2) is 0 Å². The number of nitrogens with zero attached hydrogens (tertiary/aromatic N) is 2. The van der Waals surface area contributed by atoms with Crippen LogP contribution in [0.1, 0.15) is 39.3 Å². The summed E-state index contributed by atoms with van der Waals surface area (Å²) >= 11 is 1.27. The largest absolute Gasteiger partial charge is 0.465 e. The number of amides is 1. The fraction of sp³-hybridized carbons (Fsp3) is 0.353. The first-order chi connectivity index (χ1) is 11.7. The fourth-order valence-corrected chi connectivity index (χ4v) is 3.33. The van der Waals surface area contributed by atoms with Gasteiger partial charge in [-0.2, -0.15) is 0 Å². The molecule has 0 radical (unpaired) electrons. The van der Waals surface area contributed by atoms with E-state index in [2.05, 4.69) is 15.2 Å². The molecule has 1 aliphatic rings. The summed E-state index contributed by atoms with van der Waals surface area (Å²) < 4.78 is 4.91. The zero-order valence-electron chi connectivity index (χ0n) is 13.4. The van der Waals surface area contributed by atoms with E-state index in [1.54, 1.807) is 11.6 Å². The van der Waals surface area contributed by atoms with E-state index in [0.717, 1.165) is 31.6 Å². The minimum atomic E-state index is -0.399. The van der Waals surface area contributed by atoms with Crippen molar-refractivity contribution in [1.29, 1.82) is 0 Å². The van der Waals surface area contributed by atoms with Gasteiger partial charge >= 0.3 is 5.97 Å². The molecule has 1 fully saturated rings. The van der Waals surface area contributed by atoms with Crippen LogP contribution in [0.3, 0.4) is 0 Å². The maximum absolute atomic E-state index is 12.2. The van der Waals surface area contributed by atoms with Gasteiger partial charge in [-0.15, -0.1) is 11.3 Å². The lowest BCUT2D eigenvalue weighted by Crippen LogP contribution is -2.31. The lowest BCUT2D eigenvalue weighted by molar-refractivity contribution is 0.0601. The molecule has 2 aromatic rings. The fourth-order valence-electron chi connectivity index (χ4n) is 2.82. The Kier molecular flexibility index (Phi) is 5.10. The molecule has 1 aromatic heterocycles. The van der Waals surface area contributed by atoms with Gasteiger partial charge in [0.25, 0.3) is 5.91 Å². The van der Waals surface area contributed by atoms with E-state index in [1.165, 1.54) is 31.1 Å². The van der Waals surface area contributed by atoms with Crippen molar-refractivity contribution in [2.45, 2.75) is 19.3 Å². The van der Waals surface area contributed by atoms with Crippen LogP contribution in [0.25, 0.3) is 0 Å². The van der Waals surface area contributed by atoms with E-state index >= 15 is 0 Å². The lowest BCUT2D eigenvalue weighted by atomic mass is 10.1. The van der Waals surface area contributed by atoms with Crippen LogP contribution in [0, 0.1) is 0 Å². The normalized spacial score (nSPS) is 14.3. The van der Waals surface area contributed by atoms with Gasteiger partial charge in [-0.3, -0.25) is 9.78 Å². The first-order valence-electron chi connectivity index (χ1n) is 7.86. The van der Waals surface area contributed by atoms with Crippen molar-refractivity contribution in [2.24, 2.45) is 0 Å². The summed E-state index contributed by atoms with van der Waals surface area (Å²) in [7, 11) is 1.37. The van der Waals surface area contributed by atoms with Gasteiger partial charge in [-0.05, 0) is 37.5 Å². The third-order valence-electron chi connectivity index (χ3n) is 4.01. The van der Waals surface area contributed by atoms with E-state index in [1.807, 2.05) is 12.1 Å². The maximum Gasteiger partial charge on any atom is 0.340 e. The first-order valence-corrected chi connectivity index (χ1v) is 8.74. The smallest absolute Gasteiger partial charge is 0.340 e. The molecule has 0 saturated carbocycles. The Morgan fingerprint density at radius 1 is 1.25 bits per heavy atom. The quantitative estimate of drug-likeness (QED) is 0.862. The summed E-state index contributed by atoms with van der Waals surface area (Å²) in [4.78, 5) is 30.9. The lowest BCUT2D eigenvalue weighted by Gasteiger charge is -2.30. The molecular weight excluding hydrogens is 326 g/mol. The van der Waals surface area contributed by atoms with Gasteiger partial charge in [-0.1, -0.05) is 0 Å². The molecule has 7 heteroatoms. The number of ether oxygens (including phenoxy) is 1. The SMILES string of the molecule is COC(=O)c1cc(NC(=O)c2cncs2)ccc1N1CCCCC1. The Morgan fingerprint density at radius 3 is 2.71 bits per heavy atom. The van der Waals surface area contributed by atoms with E-state index in [-0.39, 0.29) is 5.91 Å². The molecule has 1 aliphatic heterocycles. The third-order valence-corrected chi connectivity index (χ3v) is 4.78. The number of hydrogen-bond acceptors (Lipinski definition) is 6. The van der Waals surface area contributed by atoms with E-state index in [9.17, 15) is 9.59 Å². The number of rotatable bonds is 4. The number of piperidine rings is 1. The summed E-state index contributed by atoms with van der Waals surface area (Å²) in [6, 6.07) is 5.36. The number of aromatic nitrogens is 1. The van der Waals surface area contributed by atoms with Gasteiger partial charge < -0.3 is 15.0 Å². The number of hydrogen-bond donors (Lipinski definition) is 1. The number of benzene rings is 1. The molecule has 0 bridgehead atoms. The Labute approximate surface area is 144 Å². The molecule has 1 N–H and O–H groups in total. The number of thiazole rings is 1. The van der Waals surface area contributed by atoms with Crippen molar-refractivity contribution in [2.75, 3.05) is 30.4 Å². The third kappa shape index (κ3) is 3.56. The molecule has 126 valence electrons. The number of esters is 1. The van der Waals surface area contributed by atoms with Gasteiger partial charge in [0.1, 0.15) is 4.88 Å². The zero-order valence-corrected chi connectivity index (χ0v) is 14.3. The van der Waals surface area contributed by atoms with Gasteiger partial charge in [0.05, 0.1) is 30.1 Å². The monoisotopic (exact) mass is 345 g/mol. The number of anilines is 2. The van der Waals surface area contributed by atoms with Crippen LogP contribution in [0.4, 0.5) is 11.4 Å². The van der Waals surface area contributed by atoms with Crippen molar-refractivity contribution in [3.63, 3.8) is 0 Å². The summed E-state index contributed by atoms with van der Waals surface area (Å²) in [5.74, 6) is -0.636. The number of carbonyl (C=O) groups excluding carboxylic acids is 2. The minimum absolute atomic E-state index is 0.237. The summed E-state index contributed by atoms with van der Waals surface area (Å²) in [6.07, 6.45) is 4.96. The average molecular weight is 345 g/mol. The molecule has 0 atom stereocenters. The molecule has 1 amide bonds. The van der Waals surface area contributed by atoms with Crippen LogP contribution in [-0.2, 0) is 4.74 Å². The van der Waals surface area contributed by atoms with E-state index in [0.29, 0.717) is 16.1 Å². The van der Waals surface area contributed by atoms with Gasteiger partial charge in [-0.25, -0.2) is 4.79 Å². The molecule has 1 aromatic carbocycles. The van der Waals surface area contributed by atoms with Crippen LogP contribution in [0.2, 0.25) is 0 Å². The van der Waals surface area contributed by atoms with E-state index in [4.69, 9.17) is 4.74 Å². The predicted octanol–water partition coefficient (Wildman–Crippen LogP) is 3.17. The van der Waals surface area contributed by atoms with Crippen LogP contribution >= 0.6 is 11.3 Å². The molecule has 0 unspecified atom stereocenters. The molecule has 1 saturated heterocycles. The molecule has 2 heterocycles. The van der Waals surface area contributed by atoms with Crippen molar-refractivity contribution < 1.29 is 14.3 Å². The Bertz CT molecular complexity index is 725. The van der Waals surface area contributed by atoms with Gasteiger partial charge in [0, 0.05) is 18.8 Å². The van der Waals surface area contributed by atoms with Crippen molar-refractivity contribution in [3.8, 4) is 0 Å². The summed E-state index contributed by atoms with van der Waals surface area (Å²) in [6.45, 7) is 1.85. The van der Waals surface area contributed by atoms with Crippen LogP contribution in [0.15, 0.2) is 29.9 Å². The zero-order chi connectivity index (χ0) is 16.9. The minimum Gasteiger partial charge on any atom is -0.465 e. The van der Waals surface area contributed by atoms with Crippen LogP contribution in [0.5, 0.6) is 0 Å². The summed E-state index contributed by atoms with van der Waals surface area (Å²) in [5, 5.41) is 2.80. The number of methoxy groups -OCH3 is 1. The van der Waals surface area contributed by atoms with E-state index < -0.39 is 5.97 Å². The molecule has 24 heavy (non-hydrogen) atoms. The Hall–Kier alpha value is -2.41. The highest BCUT2D eigenvalue weighted by atomic mass is 32.1. The maximum atomic E-state index is 12.2. The molecular formula is C17H19N3O3S. The molecule has 6 nitrogen and oxygen atoms in total. The summed E-state index contributed by atoms with van der Waals surface area (Å²) in [5.41, 5.74) is 3.50. The standard InChI is InChI=1S/C17H19N3O3S/c1-23-17(22)13-9-12(19-16(21)15-10-18-11-24-15)5-6-14(13)20-7-3-2-4-8-20/h5-6,9-11H,2-4,7-8H2,1H3,(H,19,21). The van der Waals surface area contributed by atoms with Gasteiger partial charge in [0.2, 0.25) is 0 Å². The second-order valence-electron chi connectivity index (χ2n) is 5.59. The highest BCUT2D eigenvalue weighted by molar-refractivity contribution is 7.11. The van der Waals surface area contributed by atoms with Crippen LogP contribution in [-0.4, -0.2) is 37.1 Å². The molecule has 3 rings (SSSR count). The predicted molar refractivity (Wildman–Crippen MR) is 93.9 cm³/mol. The average Bonchev–Trinajstić information content (AvgIpc) is 3.16. The van der Waals surface area contributed by atoms with Crippen LogP contribution < -0.4 is 10.2 Å². The van der Waals surface area contributed by atoms with Crippen molar-refractivity contribution >= 4 is 34.6 Å². The second-order valence-corrected chi connectivity index (χ2v) is 6.48. The molecule has 0 spiro atoms. The number of carbonyl (C=O) groups is 2. The Balaban J connectivity index is 1.86. The Morgan fingerprint density at radius 2 is 2.04 bits per heavy atom. The molecule has 0 aliphatic carbocycles. The topological polar surface area (TPSA) is 71.5 Å². The van der Waals surface area contributed by atoms with Crippen molar-refractivity contribution in [3.05, 3.63) is 40.3 Å². The van der Waals surface area contributed by atoms with Crippen molar-refractivity contribution in [1.82, 2.24) is 4.98 Å². The first kappa shape index (κ1) is 16.4. The highest BCUT2D eigenvalue weighted by Crippen LogP contribution is 2.28. The highest BCUT2D eigenvalue weighted by Gasteiger charge is 2.20. The number of nitrogens with one attached hydrogen (secondary N) is 1. The second kappa shape index (κ2) is 7.44.